The average molecular weight is 679 g/mol. The number of methoxy groups -OCH3 is 2. The molecule has 2 amide bonds. The van der Waals surface area contributed by atoms with Gasteiger partial charge in [-0.25, -0.2) is 8.42 Å². The van der Waals surface area contributed by atoms with Gasteiger partial charge in [0.2, 0.25) is 11.8 Å². The second-order valence-electron chi connectivity index (χ2n) is 11.2. The van der Waals surface area contributed by atoms with Crippen molar-refractivity contribution in [1.29, 1.82) is 0 Å². The number of rotatable bonds is 14. The first kappa shape index (κ1) is 36.0. The van der Waals surface area contributed by atoms with Gasteiger partial charge in [0.1, 0.15) is 12.6 Å². The fraction of sp³-hybridized carbons (Fsp3) is 0.394. The van der Waals surface area contributed by atoms with E-state index >= 15 is 0 Å². The zero-order valence-corrected chi connectivity index (χ0v) is 29.0. The highest BCUT2D eigenvalue weighted by Gasteiger charge is 2.34. The Balaban J connectivity index is 2.14. The van der Waals surface area contributed by atoms with Crippen LogP contribution in [0.3, 0.4) is 0 Å². The van der Waals surface area contributed by atoms with E-state index in [1.165, 1.54) is 37.3 Å². The highest BCUT2D eigenvalue weighted by Crippen LogP contribution is 2.33. The van der Waals surface area contributed by atoms with E-state index < -0.39 is 28.5 Å². The van der Waals surface area contributed by atoms with Crippen molar-refractivity contribution in [3.63, 3.8) is 0 Å². The molecule has 0 spiro atoms. The maximum absolute atomic E-state index is 14.3. The molecule has 0 aromatic heterocycles. The SMILES string of the molecule is CC[C@@H](C(=O)NCC(C)C)N(Cc1ccc(Cl)c(Cl)c1)C(=O)CN(c1cc(C)cc(C)c1)S(=O)(=O)c1ccc(OC)c(OC)c1. The number of nitrogens with one attached hydrogen (secondary N) is 1. The fourth-order valence-corrected chi connectivity index (χ4v) is 6.64. The Labute approximate surface area is 276 Å². The van der Waals surface area contributed by atoms with Gasteiger partial charge in [0.05, 0.1) is 34.8 Å². The first-order chi connectivity index (χ1) is 21.2. The van der Waals surface area contributed by atoms with E-state index in [4.69, 9.17) is 32.7 Å². The third-order valence-electron chi connectivity index (χ3n) is 7.12. The first-order valence-corrected chi connectivity index (χ1v) is 16.8. The molecule has 12 heteroatoms. The summed E-state index contributed by atoms with van der Waals surface area (Å²) in [5.41, 5.74) is 2.57. The maximum atomic E-state index is 14.3. The lowest BCUT2D eigenvalue weighted by Crippen LogP contribution is -2.52. The van der Waals surface area contributed by atoms with Crippen LogP contribution in [0.5, 0.6) is 11.5 Å². The Morgan fingerprint density at radius 3 is 2.09 bits per heavy atom. The summed E-state index contributed by atoms with van der Waals surface area (Å²) in [6.45, 7) is 9.30. The number of aryl methyl sites for hydroxylation is 2. The van der Waals surface area contributed by atoms with Crippen LogP contribution in [0.25, 0.3) is 0 Å². The van der Waals surface area contributed by atoms with Crippen LogP contribution >= 0.6 is 23.2 Å². The average Bonchev–Trinajstić information content (AvgIpc) is 2.99. The van der Waals surface area contributed by atoms with Crippen molar-refractivity contribution in [2.45, 2.75) is 58.5 Å². The minimum atomic E-state index is -4.32. The van der Waals surface area contributed by atoms with Gasteiger partial charge in [-0.3, -0.25) is 13.9 Å². The maximum Gasteiger partial charge on any atom is 0.264 e. The molecule has 3 rings (SSSR count). The number of nitrogens with zero attached hydrogens (tertiary/aromatic N) is 2. The smallest absolute Gasteiger partial charge is 0.264 e. The van der Waals surface area contributed by atoms with Gasteiger partial charge < -0.3 is 19.7 Å². The van der Waals surface area contributed by atoms with Crippen molar-refractivity contribution < 1.29 is 27.5 Å². The summed E-state index contributed by atoms with van der Waals surface area (Å²) in [4.78, 5) is 29.1. The third-order valence-corrected chi connectivity index (χ3v) is 9.63. The second-order valence-corrected chi connectivity index (χ2v) is 13.9. The van der Waals surface area contributed by atoms with Crippen LogP contribution in [-0.2, 0) is 26.2 Å². The van der Waals surface area contributed by atoms with Crippen molar-refractivity contribution in [3.05, 3.63) is 81.3 Å². The van der Waals surface area contributed by atoms with Crippen molar-refractivity contribution in [2.24, 2.45) is 5.92 Å². The monoisotopic (exact) mass is 677 g/mol. The summed E-state index contributed by atoms with van der Waals surface area (Å²) in [6.07, 6.45) is 0.295. The van der Waals surface area contributed by atoms with Crippen LogP contribution in [0.15, 0.2) is 59.5 Å². The van der Waals surface area contributed by atoms with Gasteiger partial charge in [-0.05, 0) is 79.3 Å². The molecule has 9 nitrogen and oxygen atoms in total. The largest absolute Gasteiger partial charge is 0.493 e. The normalized spacial score (nSPS) is 12.0. The Morgan fingerprint density at radius 2 is 1.53 bits per heavy atom. The lowest BCUT2D eigenvalue weighted by molar-refractivity contribution is -0.140. The van der Waals surface area contributed by atoms with Crippen molar-refractivity contribution in [1.82, 2.24) is 10.2 Å². The molecule has 3 aromatic carbocycles. The third kappa shape index (κ3) is 9.05. The standard InChI is InChI=1S/C33H41Cl2N3O6S/c1-8-29(33(40)36-18-21(2)3)37(19-24-9-11-27(34)28(35)16-24)32(39)20-38(25-14-22(4)13-23(5)15-25)45(41,42)26-10-12-30(43-6)31(17-26)44-7/h9-17,21,29H,8,18-20H2,1-7H3,(H,36,40)/t29-/m0/s1. The molecular formula is C33H41Cl2N3O6S. The van der Waals surface area contributed by atoms with Crippen molar-refractivity contribution in [2.75, 3.05) is 31.6 Å². The number of hydrogen-bond acceptors (Lipinski definition) is 6. The minimum Gasteiger partial charge on any atom is -0.493 e. The highest BCUT2D eigenvalue weighted by atomic mass is 35.5. The summed E-state index contributed by atoms with van der Waals surface area (Å²) in [6, 6.07) is 13.7. The van der Waals surface area contributed by atoms with Crippen LogP contribution in [0.2, 0.25) is 10.0 Å². The van der Waals surface area contributed by atoms with Gasteiger partial charge in [-0.1, -0.05) is 56.1 Å². The molecule has 0 aliphatic carbocycles. The van der Waals surface area contributed by atoms with Crippen LogP contribution < -0.4 is 19.1 Å². The molecule has 1 N–H and O–H groups in total. The van der Waals surface area contributed by atoms with Gasteiger partial charge >= 0.3 is 0 Å². The summed E-state index contributed by atoms with van der Waals surface area (Å²) < 4.78 is 40.4. The molecule has 0 unspecified atom stereocenters. The minimum absolute atomic E-state index is 0.000416. The Bertz CT molecular complexity index is 1610. The lowest BCUT2D eigenvalue weighted by Gasteiger charge is -2.33. The molecule has 244 valence electrons. The molecule has 0 aliphatic rings. The van der Waals surface area contributed by atoms with E-state index in [0.717, 1.165) is 15.4 Å². The predicted molar refractivity (Wildman–Crippen MR) is 179 cm³/mol. The molecule has 0 saturated carbocycles. The van der Waals surface area contributed by atoms with E-state index in [9.17, 15) is 18.0 Å². The second kappa shape index (κ2) is 15.7. The van der Waals surface area contributed by atoms with E-state index in [1.54, 1.807) is 37.3 Å². The zero-order chi connectivity index (χ0) is 33.5. The number of benzene rings is 3. The predicted octanol–water partition coefficient (Wildman–Crippen LogP) is 6.40. The van der Waals surface area contributed by atoms with Crippen LogP contribution in [0.4, 0.5) is 5.69 Å². The van der Waals surface area contributed by atoms with E-state index in [0.29, 0.717) is 40.0 Å². The molecule has 0 heterocycles. The summed E-state index contributed by atoms with van der Waals surface area (Å²) in [5.74, 6) is -0.135. The summed E-state index contributed by atoms with van der Waals surface area (Å²) in [7, 11) is -1.45. The Hall–Kier alpha value is -3.47. The van der Waals surface area contributed by atoms with E-state index in [1.807, 2.05) is 33.8 Å². The highest BCUT2D eigenvalue weighted by molar-refractivity contribution is 7.92. The number of halogens is 2. The number of carbonyl (C=O) groups is 2. The number of anilines is 1. The van der Waals surface area contributed by atoms with Gasteiger partial charge in [-0.15, -0.1) is 0 Å². The number of hydrogen-bond donors (Lipinski definition) is 1. The van der Waals surface area contributed by atoms with E-state index in [2.05, 4.69) is 5.32 Å². The number of amides is 2. The number of sulfonamides is 1. The topological polar surface area (TPSA) is 105 Å². The number of carbonyl (C=O) groups excluding carboxylic acids is 2. The molecular weight excluding hydrogens is 637 g/mol. The fourth-order valence-electron chi connectivity index (χ4n) is 4.90. The quantitative estimate of drug-likeness (QED) is 0.212. The van der Waals surface area contributed by atoms with Gasteiger partial charge in [0.25, 0.3) is 10.0 Å². The molecule has 0 radical (unpaired) electrons. The lowest BCUT2D eigenvalue weighted by atomic mass is 10.1. The molecule has 0 fully saturated rings. The van der Waals surface area contributed by atoms with Crippen LogP contribution in [-0.4, -0.2) is 58.5 Å². The van der Waals surface area contributed by atoms with Gasteiger partial charge in [0, 0.05) is 19.2 Å². The van der Waals surface area contributed by atoms with Crippen LogP contribution in [0.1, 0.15) is 43.9 Å². The molecule has 0 aliphatic heterocycles. The molecule has 1 atom stereocenters. The van der Waals surface area contributed by atoms with Gasteiger partial charge in [-0.2, -0.15) is 0 Å². The molecule has 3 aromatic rings. The van der Waals surface area contributed by atoms with Crippen molar-refractivity contribution >= 4 is 50.7 Å². The van der Waals surface area contributed by atoms with Gasteiger partial charge in [0.15, 0.2) is 11.5 Å². The zero-order valence-electron chi connectivity index (χ0n) is 26.7. The summed E-state index contributed by atoms with van der Waals surface area (Å²) in [5, 5.41) is 3.56. The Morgan fingerprint density at radius 1 is 0.889 bits per heavy atom. The Kier molecular flexibility index (Phi) is 12.6. The number of ether oxygens (including phenoxy) is 2. The molecule has 0 saturated heterocycles. The summed E-state index contributed by atoms with van der Waals surface area (Å²) >= 11 is 12.4. The molecule has 45 heavy (non-hydrogen) atoms. The first-order valence-electron chi connectivity index (χ1n) is 14.6. The van der Waals surface area contributed by atoms with E-state index in [-0.39, 0.29) is 29.0 Å². The van der Waals surface area contributed by atoms with Crippen LogP contribution in [0, 0.1) is 19.8 Å². The molecule has 0 bridgehead atoms. The van der Waals surface area contributed by atoms with Crippen molar-refractivity contribution in [3.8, 4) is 11.5 Å².